The number of Topliss-reactive ketones (excluding diaryl/α,β-unsaturated/α-hetero) is 1. The summed E-state index contributed by atoms with van der Waals surface area (Å²) in [5.74, 6) is 2.49. The van der Waals surface area contributed by atoms with Gasteiger partial charge in [-0.3, -0.25) is 4.79 Å². The van der Waals surface area contributed by atoms with E-state index in [2.05, 4.69) is 13.8 Å². The van der Waals surface area contributed by atoms with Crippen molar-refractivity contribution in [3.63, 3.8) is 0 Å². The number of ketones is 1. The predicted octanol–water partition coefficient (Wildman–Crippen LogP) is 3.57. The molecule has 4 fully saturated rings. The number of hydrogen-bond acceptors (Lipinski definition) is 2. The number of aliphatic hydroxyl groups is 1. The predicted molar refractivity (Wildman–Crippen MR) is 78.1 cm³/mol. The smallest absolute Gasteiger partial charge is 0.144 e. The van der Waals surface area contributed by atoms with Gasteiger partial charge in [0, 0.05) is 11.3 Å². The topological polar surface area (TPSA) is 37.3 Å². The summed E-state index contributed by atoms with van der Waals surface area (Å²) >= 11 is 0. The lowest BCUT2D eigenvalue weighted by Gasteiger charge is -2.59. The molecule has 0 aromatic rings. The number of carbonyl (C=O) groups excluding carboxylic acids is 1. The van der Waals surface area contributed by atoms with Crippen LogP contribution in [0.25, 0.3) is 0 Å². The molecule has 0 aliphatic heterocycles. The van der Waals surface area contributed by atoms with Gasteiger partial charge < -0.3 is 5.11 Å². The molecule has 2 bridgehead atoms. The van der Waals surface area contributed by atoms with E-state index in [9.17, 15) is 9.90 Å². The molecule has 1 N–H and O–H groups in total. The Labute approximate surface area is 122 Å². The Balaban J connectivity index is 1.72. The van der Waals surface area contributed by atoms with Crippen molar-refractivity contribution >= 4 is 5.78 Å². The first-order valence-electron chi connectivity index (χ1n) is 8.68. The maximum absolute atomic E-state index is 12.8. The third kappa shape index (κ3) is 1.52. The highest BCUT2D eigenvalue weighted by Gasteiger charge is 2.61. The van der Waals surface area contributed by atoms with Gasteiger partial charge in [0.25, 0.3) is 0 Å². The van der Waals surface area contributed by atoms with Crippen LogP contribution in [-0.4, -0.2) is 17.0 Å². The SMILES string of the molecule is C[C@@]12CCC[C@@H]1[C@@H]1C[C@H]3C(=O)[C@@](C)(CC[C@H]3O)[C@@H]1CC2. The molecule has 0 unspecified atom stereocenters. The fraction of sp³-hybridized carbons (Fsp3) is 0.944. The number of carbonyl (C=O) groups is 1. The van der Waals surface area contributed by atoms with Crippen molar-refractivity contribution in [2.45, 2.75) is 71.3 Å². The maximum Gasteiger partial charge on any atom is 0.144 e. The molecule has 4 aliphatic carbocycles. The summed E-state index contributed by atoms with van der Waals surface area (Å²) < 4.78 is 0. The van der Waals surface area contributed by atoms with E-state index in [1.54, 1.807) is 0 Å². The van der Waals surface area contributed by atoms with Gasteiger partial charge in [-0.05, 0) is 68.1 Å². The van der Waals surface area contributed by atoms with Crippen LogP contribution in [0.15, 0.2) is 0 Å². The van der Waals surface area contributed by atoms with Crippen LogP contribution in [0.1, 0.15) is 65.2 Å². The van der Waals surface area contributed by atoms with E-state index in [1.165, 1.54) is 32.1 Å². The van der Waals surface area contributed by atoms with Gasteiger partial charge in [0.2, 0.25) is 0 Å². The van der Waals surface area contributed by atoms with Gasteiger partial charge in [0.1, 0.15) is 5.78 Å². The van der Waals surface area contributed by atoms with Gasteiger partial charge in [-0.1, -0.05) is 20.3 Å². The monoisotopic (exact) mass is 276 g/mol. The minimum atomic E-state index is -0.355. The molecule has 0 aromatic carbocycles. The van der Waals surface area contributed by atoms with Crippen LogP contribution >= 0.6 is 0 Å². The Morgan fingerprint density at radius 3 is 2.65 bits per heavy atom. The van der Waals surface area contributed by atoms with Gasteiger partial charge in [-0.15, -0.1) is 0 Å². The lowest BCUT2D eigenvalue weighted by Crippen LogP contribution is -2.59. The Bertz CT molecular complexity index is 445. The molecule has 0 aromatic heterocycles. The van der Waals surface area contributed by atoms with E-state index < -0.39 is 0 Å². The second kappa shape index (κ2) is 4.09. The van der Waals surface area contributed by atoms with Crippen LogP contribution in [0.2, 0.25) is 0 Å². The third-order valence-electron chi connectivity index (χ3n) is 7.89. The molecule has 0 radical (unpaired) electrons. The van der Waals surface area contributed by atoms with Crippen LogP contribution in [0.4, 0.5) is 0 Å². The van der Waals surface area contributed by atoms with Crippen molar-refractivity contribution in [1.82, 2.24) is 0 Å². The van der Waals surface area contributed by atoms with Crippen LogP contribution in [0, 0.1) is 34.5 Å². The molecule has 20 heavy (non-hydrogen) atoms. The molecule has 4 saturated carbocycles. The van der Waals surface area contributed by atoms with Gasteiger partial charge >= 0.3 is 0 Å². The van der Waals surface area contributed by atoms with E-state index in [1.807, 2.05) is 0 Å². The molecule has 7 atom stereocenters. The zero-order valence-corrected chi connectivity index (χ0v) is 12.9. The number of rotatable bonds is 0. The van der Waals surface area contributed by atoms with Crippen molar-refractivity contribution < 1.29 is 9.90 Å². The van der Waals surface area contributed by atoms with Gasteiger partial charge in [-0.2, -0.15) is 0 Å². The molecular formula is C18H28O2. The summed E-state index contributed by atoms with van der Waals surface area (Å²) in [6, 6.07) is 0. The summed E-state index contributed by atoms with van der Waals surface area (Å²) in [7, 11) is 0. The second-order valence-electron chi connectivity index (χ2n) is 8.69. The fourth-order valence-electron chi connectivity index (χ4n) is 6.70. The zero-order chi connectivity index (χ0) is 14.1. The van der Waals surface area contributed by atoms with E-state index in [-0.39, 0.29) is 17.4 Å². The third-order valence-corrected chi connectivity index (χ3v) is 7.89. The van der Waals surface area contributed by atoms with Crippen molar-refractivity contribution in [1.29, 1.82) is 0 Å². The van der Waals surface area contributed by atoms with Crippen LogP contribution < -0.4 is 0 Å². The quantitative estimate of drug-likeness (QED) is 0.734. The summed E-state index contributed by atoms with van der Waals surface area (Å²) in [4.78, 5) is 12.8. The molecule has 2 heteroatoms. The lowest BCUT2D eigenvalue weighted by molar-refractivity contribution is -0.167. The number of aliphatic hydroxyl groups excluding tert-OH is 1. The lowest BCUT2D eigenvalue weighted by atomic mass is 9.45. The van der Waals surface area contributed by atoms with Gasteiger partial charge in [0.05, 0.1) is 6.10 Å². The Hall–Kier alpha value is -0.370. The first kappa shape index (κ1) is 13.3. The van der Waals surface area contributed by atoms with Gasteiger partial charge in [-0.25, -0.2) is 0 Å². The van der Waals surface area contributed by atoms with Crippen molar-refractivity contribution in [3.05, 3.63) is 0 Å². The largest absolute Gasteiger partial charge is 0.392 e. The standard InChI is InChI=1S/C18H28O2/c1-17-7-3-4-13(17)11-10-12-15(19)6-9-18(2,16(12)20)14(11)5-8-17/h11-15,19H,3-10H2,1-2H3/t11-,12+,13+,14+,15+,17-,18-/m0/s1. The normalized spacial score (nSPS) is 58.1. The van der Waals surface area contributed by atoms with Crippen LogP contribution in [0.5, 0.6) is 0 Å². The van der Waals surface area contributed by atoms with Crippen LogP contribution in [0.3, 0.4) is 0 Å². The highest BCUT2D eigenvalue weighted by Crippen LogP contribution is 2.64. The summed E-state index contributed by atoms with van der Waals surface area (Å²) in [5, 5.41) is 10.3. The minimum Gasteiger partial charge on any atom is -0.392 e. The Kier molecular flexibility index (Phi) is 2.72. The maximum atomic E-state index is 12.8. The summed E-state index contributed by atoms with van der Waals surface area (Å²) in [5.41, 5.74) is 0.425. The number of hydrogen-bond donors (Lipinski definition) is 1. The highest BCUT2D eigenvalue weighted by molar-refractivity contribution is 5.89. The Morgan fingerprint density at radius 1 is 1.05 bits per heavy atom. The van der Waals surface area contributed by atoms with E-state index in [0.29, 0.717) is 23.0 Å². The number of fused-ring (bicyclic) bond motifs is 6. The van der Waals surface area contributed by atoms with E-state index >= 15 is 0 Å². The molecule has 0 saturated heterocycles. The molecular weight excluding hydrogens is 248 g/mol. The van der Waals surface area contributed by atoms with Crippen molar-refractivity contribution in [3.8, 4) is 0 Å². The first-order valence-corrected chi connectivity index (χ1v) is 8.68. The van der Waals surface area contributed by atoms with Crippen molar-refractivity contribution in [2.24, 2.45) is 34.5 Å². The average Bonchev–Trinajstić information content (AvgIpc) is 2.80. The molecule has 0 spiro atoms. The van der Waals surface area contributed by atoms with Crippen LogP contribution in [-0.2, 0) is 4.79 Å². The first-order chi connectivity index (χ1) is 9.46. The van der Waals surface area contributed by atoms with E-state index in [4.69, 9.17) is 0 Å². The summed E-state index contributed by atoms with van der Waals surface area (Å²) in [6.45, 7) is 4.72. The molecule has 4 rings (SSSR count). The highest BCUT2D eigenvalue weighted by atomic mass is 16.3. The average molecular weight is 276 g/mol. The molecule has 0 heterocycles. The zero-order valence-electron chi connectivity index (χ0n) is 12.9. The van der Waals surface area contributed by atoms with Gasteiger partial charge in [0.15, 0.2) is 0 Å². The molecule has 2 nitrogen and oxygen atoms in total. The van der Waals surface area contributed by atoms with Crippen molar-refractivity contribution in [2.75, 3.05) is 0 Å². The second-order valence-corrected chi connectivity index (χ2v) is 8.69. The minimum absolute atomic E-state index is 0.0436. The van der Waals surface area contributed by atoms with E-state index in [0.717, 1.165) is 25.2 Å². The summed E-state index contributed by atoms with van der Waals surface area (Å²) in [6.07, 6.45) is 9.11. The Morgan fingerprint density at radius 2 is 1.85 bits per heavy atom. The molecule has 0 amide bonds. The molecule has 4 aliphatic rings. The molecule has 112 valence electrons. The fourth-order valence-corrected chi connectivity index (χ4v) is 6.70.